The van der Waals surface area contributed by atoms with Crippen LogP contribution < -0.4 is 0 Å². The van der Waals surface area contributed by atoms with Gasteiger partial charge in [0.05, 0.1) is 0 Å². The van der Waals surface area contributed by atoms with Crippen LogP contribution in [0.1, 0.15) is 118 Å². The molecule has 4 saturated carbocycles. The fourth-order valence-electron chi connectivity index (χ4n) is 9.02. The van der Waals surface area contributed by atoms with Crippen LogP contribution in [0.15, 0.2) is 0 Å². The molecule has 0 aromatic rings. The van der Waals surface area contributed by atoms with Gasteiger partial charge in [0.25, 0.3) is 0 Å². The maximum atomic E-state index is 12.1. The molecule has 0 radical (unpaired) electrons. The molecule has 0 aromatic carbocycles. The van der Waals surface area contributed by atoms with Crippen LogP contribution in [0.4, 0.5) is 0 Å². The number of carbonyl (C=O) groups is 1. The molecule has 8 atom stereocenters. The van der Waals surface area contributed by atoms with Crippen LogP contribution in [0.25, 0.3) is 0 Å². The molecule has 0 bridgehead atoms. The minimum Gasteiger partial charge on any atom is -0.300 e. The molecule has 4 fully saturated rings. The van der Waals surface area contributed by atoms with E-state index in [1.807, 2.05) is 0 Å². The van der Waals surface area contributed by atoms with E-state index in [4.69, 9.17) is 0 Å². The van der Waals surface area contributed by atoms with Crippen LogP contribution in [0.2, 0.25) is 0 Å². The van der Waals surface area contributed by atoms with Gasteiger partial charge in [-0.05, 0) is 104 Å². The predicted octanol–water partition coefficient (Wildman–Crippen LogP) is 8.07. The van der Waals surface area contributed by atoms with Crippen molar-refractivity contribution in [3.8, 4) is 0 Å². The second kappa shape index (κ2) is 8.31. The molecule has 0 aliphatic heterocycles. The zero-order valence-electron chi connectivity index (χ0n) is 20.1. The number of Topliss-reactive ketones (excluding diaryl/α,β-unsaturated/α-hetero) is 1. The highest BCUT2D eigenvalue weighted by molar-refractivity contribution is 5.79. The summed E-state index contributed by atoms with van der Waals surface area (Å²) in [7, 11) is 0. The molecule has 0 aromatic heterocycles. The van der Waals surface area contributed by atoms with Crippen molar-refractivity contribution < 1.29 is 4.79 Å². The minimum atomic E-state index is 0.473. The Morgan fingerprint density at radius 3 is 2.41 bits per heavy atom. The van der Waals surface area contributed by atoms with Gasteiger partial charge in [0.2, 0.25) is 0 Å². The van der Waals surface area contributed by atoms with Gasteiger partial charge in [-0.1, -0.05) is 53.9 Å². The van der Waals surface area contributed by atoms with Crippen molar-refractivity contribution >= 4 is 5.78 Å². The van der Waals surface area contributed by atoms with Crippen LogP contribution in [0.5, 0.6) is 0 Å². The molecular formula is C28H48O. The van der Waals surface area contributed by atoms with Crippen LogP contribution in [0.3, 0.4) is 0 Å². The van der Waals surface area contributed by atoms with Gasteiger partial charge in [0, 0.05) is 12.8 Å². The second-order valence-electron chi connectivity index (χ2n) is 12.9. The molecule has 0 spiro atoms. The summed E-state index contributed by atoms with van der Waals surface area (Å²) in [6.45, 7) is 12.6. The van der Waals surface area contributed by atoms with Gasteiger partial charge in [-0.2, -0.15) is 0 Å². The average Bonchev–Trinajstić information content (AvgIpc) is 2.98. The van der Waals surface area contributed by atoms with Crippen molar-refractivity contribution in [3.63, 3.8) is 0 Å². The third kappa shape index (κ3) is 3.98. The van der Waals surface area contributed by atoms with E-state index < -0.39 is 0 Å². The van der Waals surface area contributed by atoms with Gasteiger partial charge in [-0.25, -0.2) is 0 Å². The van der Waals surface area contributed by atoms with E-state index in [-0.39, 0.29) is 0 Å². The first-order valence-electron chi connectivity index (χ1n) is 13.3. The van der Waals surface area contributed by atoms with E-state index in [0.29, 0.717) is 22.5 Å². The predicted molar refractivity (Wildman–Crippen MR) is 123 cm³/mol. The number of hydrogen-bond donors (Lipinski definition) is 0. The third-order valence-electron chi connectivity index (χ3n) is 10.8. The molecule has 4 aliphatic carbocycles. The van der Waals surface area contributed by atoms with Crippen molar-refractivity contribution in [2.24, 2.45) is 52.3 Å². The number of hydrogen-bond acceptors (Lipinski definition) is 1. The van der Waals surface area contributed by atoms with E-state index in [0.717, 1.165) is 48.3 Å². The van der Waals surface area contributed by atoms with E-state index >= 15 is 0 Å². The Balaban J connectivity index is 1.41. The SMILES string of the molecule is CC(C)CCC[C@@H](C)C[C@H]1CCC2C3CC[C@H]4CC(=O)CC[C@]4(C)C3CC[C@@]21C. The quantitative estimate of drug-likeness (QED) is 0.440. The second-order valence-corrected chi connectivity index (χ2v) is 12.9. The summed E-state index contributed by atoms with van der Waals surface area (Å²) in [4.78, 5) is 12.1. The molecule has 0 N–H and O–H groups in total. The zero-order valence-corrected chi connectivity index (χ0v) is 20.1. The summed E-state index contributed by atoms with van der Waals surface area (Å²) >= 11 is 0. The average molecular weight is 401 g/mol. The molecular weight excluding hydrogens is 352 g/mol. The van der Waals surface area contributed by atoms with Crippen molar-refractivity contribution in [1.29, 1.82) is 0 Å². The fraction of sp³-hybridized carbons (Fsp3) is 0.964. The van der Waals surface area contributed by atoms with Crippen molar-refractivity contribution in [2.45, 2.75) is 118 Å². The van der Waals surface area contributed by atoms with Gasteiger partial charge in [-0.3, -0.25) is 4.79 Å². The largest absolute Gasteiger partial charge is 0.300 e. The molecule has 4 aliphatic rings. The Kier molecular flexibility index (Phi) is 6.27. The summed E-state index contributed by atoms with van der Waals surface area (Å²) in [5, 5.41) is 0. The first-order chi connectivity index (χ1) is 13.7. The normalized spacial score (nSPS) is 45.6. The summed E-state index contributed by atoms with van der Waals surface area (Å²) in [6.07, 6.45) is 17.4. The molecule has 1 nitrogen and oxygen atoms in total. The molecule has 29 heavy (non-hydrogen) atoms. The number of ketones is 1. The summed E-state index contributed by atoms with van der Waals surface area (Å²) in [5.74, 6) is 6.85. The highest BCUT2D eigenvalue weighted by atomic mass is 16.1. The van der Waals surface area contributed by atoms with Crippen LogP contribution in [-0.4, -0.2) is 5.78 Å². The van der Waals surface area contributed by atoms with Gasteiger partial charge in [0.15, 0.2) is 0 Å². The van der Waals surface area contributed by atoms with Crippen LogP contribution in [-0.2, 0) is 4.79 Å². The third-order valence-corrected chi connectivity index (χ3v) is 10.8. The molecule has 0 amide bonds. The maximum Gasteiger partial charge on any atom is 0.133 e. The van der Waals surface area contributed by atoms with Crippen molar-refractivity contribution in [1.82, 2.24) is 0 Å². The summed E-state index contributed by atoms with van der Waals surface area (Å²) in [6, 6.07) is 0. The van der Waals surface area contributed by atoms with Crippen molar-refractivity contribution in [3.05, 3.63) is 0 Å². The number of carbonyl (C=O) groups excluding carboxylic acids is 1. The lowest BCUT2D eigenvalue weighted by Gasteiger charge is -2.60. The van der Waals surface area contributed by atoms with Gasteiger partial charge in [-0.15, -0.1) is 0 Å². The fourth-order valence-corrected chi connectivity index (χ4v) is 9.02. The molecule has 0 saturated heterocycles. The summed E-state index contributed by atoms with van der Waals surface area (Å²) in [5.41, 5.74) is 1.08. The van der Waals surface area contributed by atoms with Gasteiger partial charge in [0.1, 0.15) is 5.78 Å². The minimum absolute atomic E-state index is 0.473. The highest BCUT2D eigenvalue weighted by Gasteiger charge is 2.59. The molecule has 166 valence electrons. The Morgan fingerprint density at radius 2 is 1.66 bits per heavy atom. The molecule has 3 unspecified atom stereocenters. The molecule has 4 rings (SSSR count). The number of fused-ring (bicyclic) bond motifs is 5. The van der Waals surface area contributed by atoms with E-state index in [2.05, 4.69) is 34.6 Å². The lowest BCUT2D eigenvalue weighted by Crippen LogP contribution is -2.53. The standard InChI is InChI=1S/C28H48O/c1-19(2)7-6-8-20(3)17-21-10-12-25-24-11-9-22-18-23(29)13-15-27(22,4)26(24)14-16-28(21,25)5/h19-22,24-26H,6-18H2,1-5H3/t20-,21-,22+,24?,25?,26?,27+,28-/m1/s1. The smallest absolute Gasteiger partial charge is 0.133 e. The Hall–Kier alpha value is -0.330. The summed E-state index contributed by atoms with van der Waals surface area (Å²) < 4.78 is 0. The Labute approximate surface area is 181 Å². The van der Waals surface area contributed by atoms with E-state index in [1.54, 1.807) is 0 Å². The maximum absolute atomic E-state index is 12.1. The number of rotatable bonds is 6. The van der Waals surface area contributed by atoms with Crippen molar-refractivity contribution in [2.75, 3.05) is 0 Å². The first-order valence-corrected chi connectivity index (χ1v) is 13.3. The van der Waals surface area contributed by atoms with Gasteiger partial charge >= 0.3 is 0 Å². The lowest BCUT2D eigenvalue weighted by atomic mass is 9.44. The van der Waals surface area contributed by atoms with E-state index in [9.17, 15) is 4.79 Å². The first kappa shape index (κ1) is 21.9. The monoisotopic (exact) mass is 400 g/mol. The lowest BCUT2D eigenvalue weighted by molar-refractivity contribution is -0.139. The Bertz CT molecular complexity index is 593. The van der Waals surface area contributed by atoms with Crippen LogP contribution >= 0.6 is 0 Å². The molecule has 0 heterocycles. The topological polar surface area (TPSA) is 17.1 Å². The zero-order chi connectivity index (χ0) is 20.8. The Morgan fingerprint density at radius 1 is 0.897 bits per heavy atom. The van der Waals surface area contributed by atoms with Gasteiger partial charge < -0.3 is 0 Å². The molecule has 1 heteroatoms. The highest BCUT2D eigenvalue weighted by Crippen LogP contribution is 2.67. The van der Waals surface area contributed by atoms with Crippen LogP contribution in [0, 0.1) is 52.3 Å². The van der Waals surface area contributed by atoms with E-state index in [1.165, 1.54) is 70.6 Å².